The second-order valence-corrected chi connectivity index (χ2v) is 12.7. The maximum atomic E-state index is 12.1. The number of ether oxygens (including phenoxy) is 2. The number of carbonyl (C=O) groups is 1. The first-order chi connectivity index (χ1) is 16.8. The summed E-state index contributed by atoms with van der Waals surface area (Å²) in [5.41, 5.74) is 3.48. The van der Waals surface area contributed by atoms with Crippen LogP contribution in [0.1, 0.15) is 16.8 Å². The molecule has 3 N–H and O–H groups in total. The molecule has 1 fully saturated rings. The average Bonchev–Trinajstić information content (AvgIpc) is 3.49. The normalized spacial score (nSPS) is 19.1. The zero-order chi connectivity index (χ0) is 24.2. The van der Waals surface area contributed by atoms with E-state index in [1.807, 2.05) is 24.3 Å². The van der Waals surface area contributed by atoms with Gasteiger partial charge in [-0.05, 0) is 30.2 Å². The molecule has 1 aromatic carbocycles. The second kappa shape index (κ2) is 8.91. The minimum atomic E-state index is -2.79. The van der Waals surface area contributed by atoms with Crippen molar-refractivity contribution in [3.05, 3.63) is 51.5 Å². The molecule has 5 heterocycles. The minimum absolute atomic E-state index is 0.0567. The highest BCUT2D eigenvalue weighted by molar-refractivity contribution is 8.23. The molecule has 9 nitrogen and oxygen atoms in total. The molecule has 0 atom stereocenters. The van der Waals surface area contributed by atoms with E-state index >= 15 is 0 Å². The predicted molar refractivity (Wildman–Crippen MR) is 136 cm³/mol. The Morgan fingerprint density at radius 3 is 2.86 bits per heavy atom. The molecule has 184 valence electrons. The molecule has 1 saturated heterocycles. The van der Waals surface area contributed by atoms with Crippen LogP contribution < -0.4 is 15.0 Å². The van der Waals surface area contributed by atoms with Crippen LogP contribution in [0.3, 0.4) is 0 Å². The number of fused-ring (bicyclic) bond motifs is 2. The zero-order valence-corrected chi connectivity index (χ0v) is 21.0. The molecule has 12 heteroatoms. The fraction of sp³-hybridized carbons (Fsp3) is 0.348. The molecule has 0 bridgehead atoms. The third kappa shape index (κ3) is 4.59. The number of benzene rings is 1. The summed E-state index contributed by atoms with van der Waals surface area (Å²) in [5, 5.41) is 2.86. The van der Waals surface area contributed by atoms with Crippen molar-refractivity contribution in [3.63, 3.8) is 0 Å². The van der Waals surface area contributed by atoms with Gasteiger partial charge in [0.05, 0.1) is 45.7 Å². The summed E-state index contributed by atoms with van der Waals surface area (Å²) in [7, 11) is -2.79. The van der Waals surface area contributed by atoms with Gasteiger partial charge in [-0.1, -0.05) is 17.7 Å². The van der Waals surface area contributed by atoms with Crippen molar-refractivity contribution in [2.45, 2.75) is 24.0 Å². The van der Waals surface area contributed by atoms with Crippen molar-refractivity contribution in [2.75, 3.05) is 31.3 Å². The number of carbonyl (C=O) groups excluding carboxylic acids is 1. The topological polar surface area (TPSA) is 117 Å². The molecule has 0 unspecified atom stereocenters. The number of anilines is 2. The number of thiophene rings is 1. The van der Waals surface area contributed by atoms with E-state index in [-0.39, 0.29) is 30.1 Å². The molecule has 0 radical (unpaired) electrons. The van der Waals surface area contributed by atoms with E-state index in [4.69, 9.17) is 26.1 Å². The third-order valence-corrected chi connectivity index (χ3v) is 8.90. The molecular formula is C23H23ClN4O5S2. The number of aromatic nitrogens is 2. The van der Waals surface area contributed by atoms with Crippen molar-refractivity contribution < 1.29 is 23.4 Å². The zero-order valence-electron chi connectivity index (χ0n) is 18.6. The first-order valence-corrected chi connectivity index (χ1v) is 14.2. The summed E-state index contributed by atoms with van der Waals surface area (Å²) in [6, 6.07) is 9.50. The van der Waals surface area contributed by atoms with Gasteiger partial charge in [-0.3, -0.25) is 13.9 Å². The van der Waals surface area contributed by atoms with Gasteiger partial charge < -0.3 is 19.7 Å². The van der Waals surface area contributed by atoms with Crippen molar-refractivity contribution in [3.8, 4) is 16.5 Å². The van der Waals surface area contributed by atoms with Gasteiger partial charge in [-0.25, -0.2) is 9.97 Å². The highest BCUT2D eigenvalue weighted by Crippen LogP contribution is 2.55. The third-order valence-electron chi connectivity index (χ3n) is 6.19. The molecule has 0 spiro atoms. The van der Waals surface area contributed by atoms with Crippen LogP contribution >= 0.6 is 33.5 Å². The second-order valence-electron chi connectivity index (χ2n) is 8.77. The van der Waals surface area contributed by atoms with Crippen LogP contribution in [0.15, 0.2) is 30.3 Å². The summed E-state index contributed by atoms with van der Waals surface area (Å²) < 4.78 is 32.4. The lowest BCUT2D eigenvalue weighted by Gasteiger charge is -2.26. The molecule has 0 saturated carbocycles. The molecule has 0 aliphatic carbocycles. The van der Waals surface area contributed by atoms with Crippen LogP contribution in [-0.2, 0) is 27.5 Å². The van der Waals surface area contributed by atoms with Crippen LogP contribution in [0.4, 0.5) is 11.5 Å². The summed E-state index contributed by atoms with van der Waals surface area (Å²) >= 11 is 7.53. The Labute approximate surface area is 212 Å². The van der Waals surface area contributed by atoms with E-state index in [1.165, 1.54) is 11.3 Å². The summed E-state index contributed by atoms with van der Waals surface area (Å²) in [6.45, 7) is 1.68. The Morgan fingerprint density at radius 2 is 2.11 bits per heavy atom. The quantitative estimate of drug-likeness (QED) is 0.430. The van der Waals surface area contributed by atoms with Crippen LogP contribution in [0.2, 0.25) is 4.34 Å². The van der Waals surface area contributed by atoms with Gasteiger partial charge >= 0.3 is 0 Å². The van der Waals surface area contributed by atoms with Crippen molar-refractivity contribution >= 4 is 50.9 Å². The Balaban J connectivity index is 1.31. The first-order valence-electron chi connectivity index (χ1n) is 11.1. The highest BCUT2D eigenvalue weighted by Gasteiger charge is 2.34. The molecule has 1 amide bonds. The number of hydrogen-bond acceptors (Lipinski definition) is 9. The van der Waals surface area contributed by atoms with Crippen LogP contribution in [0.25, 0.3) is 10.7 Å². The maximum absolute atomic E-state index is 12.1. The highest BCUT2D eigenvalue weighted by atomic mass is 35.5. The minimum Gasteiger partial charge on any atom is -0.484 e. The fourth-order valence-electron chi connectivity index (χ4n) is 4.46. The molecule has 6 rings (SSSR count). The van der Waals surface area contributed by atoms with Gasteiger partial charge in [0.25, 0.3) is 5.91 Å². The smallest absolute Gasteiger partial charge is 0.258 e. The number of halogens is 1. The number of amides is 1. The predicted octanol–water partition coefficient (Wildman–Crippen LogP) is 4.21. The van der Waals surface area contributed by atoms with E-state index in [0.717, 1.165) is 28.1 Å². The van der Waals surface area contributed by atoms with E-state index in [1.54, 1.807) is 6.07 Å². The number of nitrogens with zero attached hydrogens (tertiary/aromatic N) is 3. The van der Waals surface area contributed by atoms with Crippen LogP contribution in [0.5, 0.6) is 5.75 Å². The van der Waals surface area contributed by atoms with Gasteiger partial charge in [-0.15, -0.1) is 11.3 Å². The summed E-state index contributed by atoms with van der Waals surface area (Å²) in [4.78, 5) is 24.6. The van der Waals surface area contributed by atoms with Gasteiger partial charge in [0, 0.05) is 23.9 Å². The van der Waals surface area contributed by atoms with Gasteiger partial charge in [-0.2, -0.15) is 10.6 Å². The Morgan fingerprint density at radius 1 is 1.26 bits per heavy atom. The van der Waals surface area contributed by atoms with E-state index in [2.05, 4.69) is 15.2 Å². The Hall–Kier alpha value is -2.41. The van der Waals surface area contributed by atoms with Crippen LogP contribution in [0, 0.1) is 0 Å². The lowest BCUT2D eigenvalue weighted by molar-refractivity contribution is -0.127. The van der Waals surface area contributed by atoms with Crippen molar-refractivity contribution in [2.24, 2.45) is 0 Å². The molecular weight excluding hydrogens is 512 g/mol. The monoisotopic (exact) mass is 534 g/mol. The lowest BCUT2D eigenvalue weighted by Crippen LogP contribution is -2.49. The van der Waals surface area contributed by atoms with Gasteiger partial charge in [0.1, 0.15) is 11.6 Å². The summed E-state index contributed by atoms with van der Waals surface area (Å²) in [5.74, 6) is 1.84. The molecule has 3 aliphatic heterocycles. The lowest BCUT2D eigenvalue weighted by atomic mass is 10.1. The van der Waals surface area contributed by atoms with E-state index in [0.29, 0.717) is 47.2 Å². The SMILES string of the molecule is O=C(COc1ccc2c(c1)N(c1nc(-c3ccc(Cl)s3)nc3c1CS(O)(O)C3)CC2)NC1COC1. The fourth-order valence-corrected chi connectivity index (χ4v) is 6.97. The maximum Gasteiger partial charge on any atom is 0.258 e. The molecule has 3 aliphatic rings. The van der Waals surface area contributed by atoms with Crippen molar-refractivity contribution in [1.29, 1.82) is 0 Å². The first kappa shape index (κ1) is 23.0. The van der Waals surface area contributed by atoms with Gasteiger partial charge in [0.2, 0.25) is 0 Å². The van der Waals surface area contributed by atoms with E-state index < -0.39 is 10.6 Å². The summed E-state index contributed by atoms with van der Waals surface area (Å²) in [6.07, 6.45) is 0.812. The molecule has 2 aromatic heterocycles. The molecule has 3 aromatic rings. The average molecular weight is 535 g/mol. The largest absolute Gasteiger partial charge is 0.484 e. The standard InChI is InChI=1S/C23H23ClN4O5S2/c24-20-4-3-19(34-20)22-26-17-12-35(30,31)11-16(17)23(27-22)28-6-5-13-1-2-15(7-18(13)28)33-10-21(29)25-14-8-32-9-14/h1-4,7,14,30-31H,5-6,8-12H2,(H,25,29). The van der Waals surface area contributed by atoms with Crippen LogP contribution in [-0.4, -0.2) is 57.4 Å². The van der Waals surface area contributed by atoms with E-state index in [9.17, 15) is 13.9 Å². The number of hydrogen-bond donors (Lipinski definition) is 3. The number of rotatable bonds is 6. The Bertz CT molecular complexity index is 1310. The van der Waals surface area contributed by atoms with Gasteiger partial charge in [0.15, 0.2) is 12.4 Å². The van der Waals surface area contributed by atoms with Crippen molar-refractivity contribution in [1.82, 2.24) is 15.3 Å². The molecule has 35 heavy (non-hydrogen) atoms. The number of nitrogens with one attached hydrogen (secondary N) is 1. The Kier molecular flexibility index (Phi) is 5.86.